The fourth-order valence-corrected chi connectivity index (χ4v) is 3.63. The maximum atomic E-state index is 10.2. The molecule has 2 aliphatic carbocycles. The van der Waals surface area contributed by atoms with Gasteiger partial charge in [0.1, 0.15) is 0 Å². The molecule has 2 unspecified atom stereocenters. The van der Waals surface area contributed by atoms with Crippen molar-refractivity contribution in [1.82, 2.24) is 4.90 Å². The molecule has 100 valence electrons. The standard InChI is InChI=1S/C14H27NO2/c16-11-10-15(12-6-2-1-3-7-12)13-8-4-5-9-14(13)17/h12-14,16-17H,1-11H2. The van der Waals surface area contributed by atoms with Gasteiger partial charge in [-0.2, -0.15) is 0 Å². The first-order valence-electron chi connectivity index (χ1n) is 7.37. The zero-order chi connectivity index (χ0) is 12.1. The predicted octanol–water partition coefficient (Wildman–Crippen LogP) is 1.92. The van der Waals surface area contributed by atoms with Crippen LogP contribution in [0.2, 0.25) is 0 Å². The summed E-state index contributed by atoms with van der Waals surface area (Å²) in [5.41, 5.74) is 0. The maximum Gasteiger partial charge on any atom is 0.0695 e. The monoisotopic (exact) mass is 241 g/mol. The van der Waals surface area contributed by atoms with Gasteiger partial charge in [0.2, 0.25) is 0 Å². The zero-order valence-corrected chi connectivity index (χ0v) is 10.9. The number of rotatable bonds is 4. The van der Waals surface area contributed by atoms with Gasteiger partial charge in [-0.15, -0.1) is 0 Å². The molecule has 0 bridgehead atoms. The summed E-state index contributed by atoms with van der Waals surface area (Å²) in [6.45, 7) is 0.964. The van der Waals surface area contributed by atoms with E-state index in [0.29, 0.717) is 12.1 Å². The van der Waals surface area contributed by atoms with E-state index >= 15 is 0 Å². The minimum absolute atomic E-state index is 0.169. The van der Waals surface area contributed by atoms with Gasteiger partial charge in [0.05, 0.1) is 12.7 Å². The number of hydrogen-bond acceptors (Lipinski definition) is 3. The summed E-state index contributed by atoms with van der Waals surface area (Å²) in [5.74, 6) is 0. The smallest absolute Gasteiger partial charge is 0.0695 e. The molecule has 0 spiro atoms. The third-order valence-corrected chi connectivity index (χ3v) is 4.52. The first-order valence-corrected chi connectivity index (χ1v) is 7.37. The lowest BCUT2D eigenvalue weighted by Gasteiger charge is -2.43. The Morgan fingerprint density at radius 3 is 2.18 bits per heavy atom. The summed E-state index contributed by atoms with van der Waals surface area (Å²) in [5, 5.41) is 19.4. The maximum absolute atomic E-state index is 10.2. The summed E-state index contributed by atoms with van der Waals surface area (Å²) in [6.07, 6.45) is 10.8. The Bertz CT molecular complexity index is 216. The van der Waals surface area contributed by atoms with Gasteiger partial charge in [-0.1, -0.05) is 32.1 Å². The van der Waals surface area contributed by atoms with E-state index in [1.165, 1.54) is 38.5 Å². The average Bonchev–Trinajstić information content (AvgIpc) is 2.38. The van der Waals surface area contributed by atoms with Crippen LogP contribution in [-0.4, -0.2) is 46.5 Å². The van der Waals surface area contributed by atoms with Gasteiger partial charge in [-0.25, -0.2) is 0 Å². The molecule has 3 heteroatoms. The van der Waals surface area contributed by atoms with Gasteiger partial charge < -0.3 is 10.2 Å². The lowest BCUT2D eigenvalue weighted by molar-refractivity contribution is -0.0170. The van der Waals surface area contributed by atoms with E-state index < -0.39 is 0 Å². The number of hydrogen-bond donors (Lipinski definition) is 2. The van der Waals surface area contributed by atoms with Crippen LogP contribution >= 0.6 is 0 Å². The van der Waals surface area contributed by atoms with Crippen LogP contribution in [-0.2, 0) is 0 Å². The zero-order valence-electron chi connectivity index (χ0n) is 10.9. The van der Waals surface area contributed by atoms with Crippen molar-refractivity contribution < 1.29 is 10.2 Å². The topological polar surface area (TPSA) is 43.7 Å². The second-order valence-corrected chi connectivity index (χ2v) is 5.67. The molecule has 17 heavy (non-hydrogen) atoms. The highest BCUT2D eigenvalue weighted by Gasteiger charge is 2.33. The summed E-state index contributed by atoms with van der Waals surface area (Å²) in [7, 11) is 0. The second-order valence-electron chi connectivity index (χ2n) is 5.67. The van der Waals surface area contributed by atoms with Crippen LogP contribution < -0.4 is 0 Å². The van der Waals surface area contributed by atoms with Crippen molar-refractivity contribution in [2.75, 3.05) is 13.2 Å². The average molecular weight is 241 g/mol. The van der Waals surface area contributed by atoms with E-state index in [1.54, 1.807) is 0 Å². The number of aliphatic hydroxyl groups is 2. The van der Waals surface area contributed by atoms with Crippen molar-refractivity contribution in [2.45, 2.75) is 76.0 Å². The minimum atomic E-state index is -0.169. The molecule has 2 N–H and O–H groups in total. The van der Waals surface area contributed by atoms with Crippen molar-refractivity contribution in [3.05, 3.63) is 0 Å². The lowest BCUT2D eigenvalue weighted by atomic mass is 9.87. The Labute approximate surface area is 105 Å². The summed E-state index contributed by atoms with van der Waals surface area (Å²) < 4.78 is 0. The number of aliphatic hydroxyl groups excluding tert-OH is 2. The molecule has 0 saturated heterocycles. The number of nitrogens with zero attached hydrogens (tertiary/aromatic N) is 1. The Morgan fingerprint density at radius 2 is 1.53 bits per heavy atom. The minimum Gasteiger partial charge on any atom is -0.395 e. The van der Waals surface area contributed by atoms with Gasteiger partial charge in [-0.05, 0) is 25.7 Å². The summed E-state index contributed by atoms with van der Waals surface area (Å²) >= 11 is 0. The van der Waals surface area contributed by atoms with Crippen molar-refractivity contribution >= 4 is 0 Å². The lowest BCUT2D eigenvalue weighted by Crippen LogP contribution is -2.52. The van der Waals surface area contributed by atoms with Gasteiger partial charge in [0, 0.05) is 18.6 Å². The van der Waals surface area contributed by atoms with E-state index in [1.807, 2.05) is 0 Å². The molecule has 0 aromatic heterocycles. The van der Waals surface area contributed by atoms with Gasteiger partial charge in [0.25, 0.3) is 0 Å². The normalized spacial score (nSPS) is 31.9. The Morgan fingerprint density at radius 1 is 0.882 bits per heavy atom. The quantitative estimate of drug-likeness (QED) is 0.790. The molecule has 0 aliphatic heterocycles. The Balaban J connectivity index is 1.98. The third-order valence-electron chi connectivity index (χ3n) is 4.52. The van der Waals surface area contributed by atoms with Crippen LogP contribution in [0.1, 0.15) is 57.8 Å². The van der Waals surface area contributed by atoms with Crippen molar-refractivity contribution in [2.24, 2.45) is 0 Å². The van der Waals surface area contributed by atoms with Crippen LogP contribution in [0.3, 0.4) is 0 Å². The van der Waals surface area contributed by atoms with E-state index in [-0.39, 0.29) is 12.7 Å². The Hall–Kier alpha value is -0.120. The fraction of sp³-hybridized carbons (Fsp3) is 1.00. The highest BCUT2D eigenvalue weighted by atomic mass is 16.3. The van der Waals surface area contributed by atoms with Crippen molar-refractivity contribution in [3.8, 4) is 0 Å². The largest absolute Gasteiger partial charge is 0.395 e. The first kappa shape index (κ1) is 13.3. The molecule has 0 aromatic carbocycles. The van der Waals surface area contributed by atoms with E-state index in [0.717, 1.165) is 25.8 Å². The Kier molecular flexibility index (Phi) is 5.26. The molecule has 2 saturated carbocycles. The highest BCUT2D eigenvalue weighted by Crippen LogP contribution is 2.30. The molecule has 2 rings (SSSR count). The highest BCUT2D eigenvalue weighted by molar-refractivity contribution is 4.88. The SMILES string of the molecule is OCCN(C1CCCCC1)C1CCCCC1O. The first-order chi connectivity index (χ1) is 8.33. The molecule has 0 radical (unpaired) electrons. The molecule has 2 atom stereocenters. The molecule has 2 fully saturated rings. The summed E-state index contributed by atoms with van der Waals surface area (Å²) in [6, 6.07) is 0.910. The molecule has 3 nitrogen and oxygen atoms in total. The van der Waals surface area contributed by atoms with Gasteiger partial charge >= 0.3 is 0 Å². The molecular weight excluding hydrogens is 214 g/mol. The van der Waals surface area contributed by atoms with Crippen LogP contribution in [0.5, 0.6) is 0 Å². The van der Waals surface area contributed by atoms with Gasteiger partial charge in [-0.3, -0.25) is 4.90 Å². The molecule has 0 aromatic rings. The molecule has 0 heterocycles. The van der Waals surface area contributed by atoms with E-state index in [9.17, 15) is 10.2 Å². The van der Waals surface area contributed by atoms with Crippen LogP contribution in [0.15, 0.2) is 0 Å². The molecular formula is C14H27NO2. The van der Waals surface area contributed by atoms with Crippen LogP contribution in [0, 0.1) is 0 Å². The van der Waals surface area contributed by atoms with Crippen LogP contribution in [0.25, 0.3) is 0 Å². The predicted molar refractivity (Wildman–Crippen MR) is 68.9 cm³/mol. The van der Waals surface area contributed by atoms with Crippen molar-refractivity contribution in [3.63, 3.8) is 0 Å². The fourth-order valence-electron chi connectivity index (χ4n) is 3.63. The van der Waals surface area contributed by atoms with Crippen molar-refractivity contribution in [1.29, 1.82) is 0 Å². The molecule has 2 aliphatic rings. The van der Waals surface area contributed by atoms with E-state index in [4.69, 9.17) is 0 Å². The van der Waals surface area contributed by atoms with Gasteiger partial charge in [0.15, 0.2) is 0 Å². The van der Waals surface area contributed by atoms with Crippen LogP contribution in [0.4, 0.5) is 0 Å². The summed E-state index contributed by atoms with van der Waals surface area (Å²) in [4.78, 5) is 2.42. The third kappa shape index (κ3) is 3.43. The van der Waals surface area contributed by atoms with E-state index in [2.05, 4.69) is 4.90 Å². The molecule has 0 amide bonds. The second kappa shape index (κ2) is 6.72.